The molecular weight excluding hydrogens is 324 g/mol. The summed E-state index contributed by atoms with van der Waals surface area (Å²) >= 11 is 0. The fraction of sp³-hybridized carbons (Fsp3) is 0.571. The standard InChI is InChI=1S/C14H22N2O4S2/c1-3-21(17,18)15-13-7-9-16(10-8-13)22(19,20)14-6-4-5-12(2)11-14/h4-6,11,13,15H,3,7-10H2,1-2H3. The van der Waals surface area contributed by atoms with Crippen molar-refractivity contribution >= 4 is 20.0 Å². The summed E-state index contributed by atoms with van der Waals surface area (Å²) in [6.07, 6.45) is 0.981. The van der Waals surface area contributed by atoms with E-state index in [9.17, 15) is 16.8 Å². The lowest BCUT2D eigenvalue weighted by molar-refractivity contribution is 0.308. The first-order valence-electron chi connectivity index (χ1n) is 7.31. The van der Waals surface area contributed by atoms with E-state index in [1.54, 1.807) is 25.1 Å². The molecular formula is C14H22N2O4S2. The number of aryl methyl sites for hydroxylation is 1. The fourth-order valence-corrected chi connectivity index (χ4v) is 4.96. The van der Waals surface area contributed by atoms with E-state index >= 15 is 0 Å². The molecule has 0 amide bonds. The van der Waals surface area contributed by atoms with Gasteiger partial charge in [-0.15, -0.1) is 0 Å². The molecule has 1 N–H and O–H groups in total. The summed E-state index contributed by atoms with van der Waals surface area (Å²) in [5.74, 6) is 0.0365. The van der Waals surface area contributed by atoms with Gasteiger partial charge in [-0.3, -0.25) is 0 Å². The molecule has 0 aliphatic carbocycles. The predicted molar refractivity (Wildman–Crippen MR) is 85.6 cm³/mol. The van der Waals surface area contributed by atoms with Crippen LogP contribution in [-0.4, -0.2) is 46.0 Å². The van der Waals surface area contributed by atoms with Gasteiger partial charge in [-0.1, -0.05) is 12.1 Å². The summed E-state index contributed by atoms with van der Waals surface area (Å²) in [7, 11) is -6.75. The number of sulfonamides is 2. The number of hydrogen-bond donors (Lipinski definition) is 1. The fourth-order valence-electron chi connectivity index (χ4n) is 2.48. The third kappa shape index (κ3) is 4.07. The summed E-state index contributed by atoms with van der Waals surface area (Å²) in [5.41, 5.74) is 0.895. The van der Waals surface area contributed by atoms with Crippen molar-refractivity contribution in [2.75, 3.05) is 18.8 Å². The van der Waals surface area contributed by atoms with Crippen LogP contribution in [0.5, 0.6) is 0 Å². The van der Waals surface area contributed by atoms with Crippen molar-refractivity contribution in [1.82, 2.24) is 9.03 Å². The van der Waals surface area contributed by atoms with Gasteiger partial charge in [0.1, 0.15) is 0 Å². The second-order valence-corrected chi connectivity index (χ2v) is 9.50. The number of hydrogen-bond acceptors (Lipinski definition) is 4. The highest BCUT2D eigenvalue weighted by molar-refractivity contribution is 7.89. The third-order valence-corrected chi connectivity index (χ3v) is 7.15. The first-order valence-corrected chi connectivity index (χ1v) is 10.4. The van der Waals surface area contributed by atoms with Gasteiger partial charge in [0.05, 0.1) is 10.6 Å². The average molecular weight is 346 g/mol. The first kappa shape index (κ1) is 17.4. The van der Waals surface area contributed by atoms with Gasteiger partial charge >= 0.3 is 0 Å². The van der Waals surface area contributed by atoms with Crippen LogP contribution in [0.3, 0.4) is 0 Å². The zero-order valence-corrected chi connectivity index (χ0v) is 14.5. The number of rotatable bonds is 5. The van der Waals surface area contributed by atoms with E-state index in [2.05, 4.69) is 4.72 Å². The van der Waals surface area contributed by atoms with Crippen LogP contribution in [-0.2, 0) is 20.0 Å². The third-order valence-electron chi connectivity index (χ3n) is 3.81. The highest BCUT2D eigenvalue weighted by Gasteiger charge is 2.30. The maximum absolute atomic E-state index is 12.6. The van der Waals surface area contributed by atoms with Crippen LogP contribution in [0, 0.1) is 6.92 Å². The van der Waals surface area contributed by atoms with Gasteiger partial charge in [0, 0.05) is 19.1 Å². The highest BCUT2D eigenvalue weighted by Crippen LogP contribution is 2.21. The zero-order valence-electron chi connectivity index (χ0n) is 12.8. The van der Waals surface area contributed by atoms with Gasteiger partial charge < -0.3 is 0 Å². The number of piperidine rings is 1. The Labute approximate surface area is 132 Å². The lowest BCUT2D eigenvalue weighted by Crippen LogP contribution is -2.46. The molecule has 0 spiro atoms. The summed E-state index contributed by atoms with van der Waals surface area (Å²) in [5, 5.41) is 0. The van der Waals surface area contributed by atoms with Crippen molar-refractivity contribution in [2.24, 2.45) is 0 Å². The molecule has 2 rings (SSSR count). The monoisotopic (exact) mass is 346 g/mol. The lowest BCUT2D eigenvalue weighted by Gasteiger charge is -2.31. The molecule has 0 saturated carbocycles. The second kappa shape index (κ2) is 6.66. The SMILES string of the molecule is CCS(=O)(=O)NC1CCN(S(=O)(=O)c2cccc(C)c2)CC1. The van der Waals surface area contributed by atoms with Crippen LogP contribution < -0.4 is 4.72 Å². The smallest absolute Gasteiger partial charge is 0.212 e. The van der Waals surface area contributed by atoms with E-state index in [0.29, 0.717) is 30.8 Å². The highest BCUT2D eigenvalue weighted by atomic mass is 32.2. The quantitative estimate of drug-likeness (QED) is 0.865. The van der Waals surface area contributed by atoms with Crippen molar-refractivity contribution in [3.63, 3.8) is 0 Å². The Bertz CT molecular complexity index is 721. The van der Waals surface area contributed by atoms with Crippen LogP contribution in [0.25, 0.3) is 0 Å². The van der Waals surface area contributed by atoms with Crippen LogP contribution in [0.1, 0.15) is 25.3 Å². The van der Waals surface area contributed by atoms with Crippen molar-refractivity contribution in [1.29, 1.82) is 0 Å². The van der Waals surface area contributed by atoms with E-state index in [1.807, 2.05) is 13.0 Å². The summed E-state index contributed by atoms with van der Waals surface area (Å²) in [6.45, 7) is 4.09. The van der Waals surface area contributed by atoms with Gasteiger partial charge in [0.2, 0.25) is 20.0 Å². The van der Waals surface area contributed by atoms with Crippen LogP contribution in [0.2, 0.25) is 0 Å². The average Bonchev–Trinajstić information content (AvgIpc) is 2.47. The van der Waals surface area contributed by atoms with E-state index < -0.39 is 20.0 Å². The molecule has 1 fully saturated rings. The summed E-state index contributed by atoms with van der Waals surface area (Å²) in [6, 6.07) is 6.64. The molecule has 0 unspecified atom stereocenters. The number of nitrogens with one attached hydrogen (secondary N) is 1. The van der Waals surface area contributed by atoms with E-state index in [1.165, 1.54) is 4.31 Å². The maximum atomic E-state index is 12.6. The Morgan fingerprint density at radius 3 is 2.36 bits per heavy atom. The van der Waals surface area contributed by atoms with Gasteiger partial charge in [0.15, 0.2) is 0 Å². The number of nitrogens with zero attached hydrogens (tertiary/aromatic N) is 1. The van der Waals surface area contributed by atoms with Gasteiger partial charge in [-0.2, -0.15) is 4.31 Å². The minimum absolute atomic E-state index is 0.0365. The molecule has 0 aromatic heterocycles. The molecule has 0 atom stereocenters. The van der Waals surface area contributed by atoms with Crippen LogP contribution >= 0.6 is 0 Å². The number of benzene rings is 1. The normalized spacial score (nSPS) is 18.5. The maximum Gasteiger partial charge on any atom is 0.243 e. The van der Waals surface area contributed by atoms with E-state index in [4.69, 9.17) is 0 Å². The summed E-state index contributed by atoms with van der Waals surface area (Å²) < 4.78 is 52.3. The minimum atomic E-state index is -3.50. The van der Waals surface area contributed by atoms with Crippen molar-refractivity contribution in [2.45, 2.75) is 37.6 Å². The largest absolute Gasteiger partial charge is 0.243 e. The minimum Gasteiger partial charge on any atom is -0.212 e. The predicted octanol–water partition coefficient (Wildman–Crippen LogP) is 1.09. The Hall–Kier alpha value is -0.960. The zero-order chi connectivity index (χ0) is 16.4. The van der Waals surface area contributed by atoms with Crippen molar-refractivity contribution in [3.8, 4) is 0 Å². The Morgan fingerprint density at radius 1 is 1.18 bits per heavy atom. The first-order chi connectivity index (χ1) is 10.2. The second-order valence-electron chi connectivity index (χ2n) is 5.52. The molecule has 0 radical (unpaired) electrons. The molecule has 1 saturated heterocycles. The Kier molecular flexibility index (Phi) is 5.26. The molecule has 1 aromatic carbocycles. The van der Waals surface area contributed by atoms with Gasteiger partial charge in [-0.25, -0.2) is 21.6 Å². The summed E-state index contributed by atoms with van der Waals surface area (Å²) in [4.78, 5) is 0.292. The lowest BCUT2D eigenvalue weighted by atomic mass is 10.1. The van der Waals surface area contributed by atoms with E-state index in [-0.39, 0.29) is 11.8 Å². The Balaban J connectivity index is 2.05. The van der Waals surface area contributed by atoms with Crippen LogP contribution in [0.4, 0.5) is 0 Å². The molecule has 1 aromatic rings. The van der Waals surface area contributed by atoms with E-state index in [0.717, 1.165) is 5.56 Å². The van der Waals surface area contributed by atoms with Crippen molar-refractivity contribution in [3.05, 3.63) is 29.8 Å². The molecule has 1 aliphatic rings. The molecule has 1 aliphatic heterocycles. The topological polar surface area (TPSA) is 83.6 Å². The Morgan fingerprint density at radius 2 is 1.82 bits per heavy atom. The molecule has 8 heteroatoms. The van der Waals surface area contributed by atoms with Crippen molar-refractivity contribution < 1.29 is 16.8 Å². The van der Waals surface area contributed by atoms with Gasteiger partial charge in [-0.05, 0) is 44.4 Å². The van der Waals surface area contributed by atoms with Crippen LogP contribution in [0.15, 0.2) is 29.2 Å². The molecule has 0 bridgehead atoms. The molecule has 22 heavy (non-hydrogen) atoms. The molecule has 1 heterocycles. The molecule has 124 valence electrons. The van der Waals surface area contributed by atoms with Gasteiger partial charge in [0.25, 0.3) is 0 Å². The molecule has 6 nitrogen and oxygen atoms in total.